The lowest BCUT2D eigenvalue weighted by Crippen LogP contribution is -2.17. The van der Waals surface area contributed by atoms with Gasteiger partial charge in [-0.1, -0.05) is 19.3 Å². The summed E-state index contributed by atoms with van der Waals surface area (Å²) in [6.07, 6.45) is 5.68. The van der Waals surface area contributed by atoms with Crippen molar-refractivity contribution in [1.29, 1.82) is 0 Å². The number of rotatable bonds is 10. The maximum absolute atomic E-state index is 10.8. The van der Waals surface area contributed by atoms with Gasteiger partial charge < -0.3 is 9.47 Å². The van der Waals surface area contributed by atoms with Gasteiger partial charge in [0.05, 0.1) is 7.11 Å². The highest BCUT2D eigenvalue weighted by Gasteiger charge is 2.09. The van der Waals surface area contributed by atoms with Crippen molar-refractivity contribution >= 4 is 18.2 Å². The van der Waals surface area contributed by atoms with E-state index in [1.54, 1.807) is 0 Å². The molecule has 0 radical (unpaired) electrons. The monoisotopic (exact) mass is 258 g/mol. The largest absolute Gasteiger partial charge is 0.469 e. The number of methoxy groups -OCH3 is 1. The average Bonchev–Trinajstić information content (AvgIpc) is 2.35. The first-order chi connectivity index (χ1) is 8.60. The van der Waals surface area contributed by atoms with Crippen LogP contribution in [0.4, 0.5) is 0 Å². The van der Waals surface area contributed by atoms with E-state index in [1.807, 2.05) is 0 Å². The molecular weight excluding hydrogens is 236 g/mol. The molecule has 0 aromatic heterocycles. The lowest BCUT2D eigenvalue weighted by molar-refractivity contribution is -0.149. The molecule has 18 heavy (non-hydrogen) atoms. The third-order valence-electron chi connectivity index (χ3n) is 2.57. The van der Waals surface area contributed by atoms with E-state index in [2.05, 4.69) is 4.74 Å². The van der Waals surface area contributed by atoms with Crippen molar-refractivity contribution < 1.29 is 23.9 Å². The Morgan fingerprint density at radius 3 is 2.28 bits per heavy atom. The fraction of sp³-hybridized carbons (Fsp3) is 0.769. The number of hydrogen-bond donors (Lipinski definition) is 0. The van der Waals surface area contributed by atoms with Gasteiger partial charge in [0.25, 0.3) is 0 Å². The number of esters is 2. The van der Waals surface area contributed by atoms with E-state index < -0.39 is 12.1 Å². The highest BCUT2D eigenvalue weighted by molar-refractivity contribution is 5.70. The van der Waals surface area contributed by atoms with E-state index in [4.69, 9.17) is 4.74 Å². The molecule has 0 saturated carbocycles. The molecule has 0 fully saturated rings. The summed E-state index contributed by atoms with van der Waals surface area (Å²) in [4.78, 5) is 32.1. The molecular formula is C13H22O5. The van der Waals surface area contributed by atoms with Crippen LogP contribution in [-0.4, -0.2) is 31.4 Å². The van der Waals surface area contributed by atoms with Gasteiger partial charge in [-0.05, 0) is 19.3 Å². The zero-order chi connectivity index (χ0) is 13.8. The second-order valence-corrected chi connectivity index (χ2v) is 4.17. The first-order valence-corrected chi connectivity index (χ1v) is 6.29. The summed E-state index contributed by atoms with van der Waals surface area (Å²) < 4.78 is 9.34. The first kappa shape index (κ1) is 16.6. The molecule has 0 aliphatic heterocycles. The Labute approximate surface area is 108 Å². The summed E-state index contributed by atoms with van der Waals surface area (Å²) >= 11 is 0. The van der Waals surface area contributed by atoms with Crippen molar-refractivity contribution in [2.75, 3.05) is 7.11 Å². The summed E-state index contributed by atoms with van der Waals surface area (Å²) in [7, 11) is 1.39. The minimum atomic E-state index is -0.613. The Balaban J connectivity index is 3.41. The summed E-state index contributed by atoms with van der Waals surface area (Å²) in [6.45, 7) is 1.29. The Morgan fingerprint density at radius 1 is 1.11 bits per heavy atom. The highest BCUT2D eigenvalue weighted by Crippen LogP contribution is 2.10. The lowest BCUT2D eigenvalue weighted by Gasteiger charge is -2.09. The predicted octanol–water partition coefficient (Wildman–Crippen LogP) is 2.02. The molecule has 0 aliphatic rings. The third-order valence-corrected chi connectivity index (χ3v) is 2.57. The van der Waals surface area contributed by atoms with E-state index in [1.165, 1.54) is 14.0 Å². The molecule has 0 rings (SSSR count). The molecule has 0 aliphatic carbocycles. The zero-order valence-corrected chi connectivity index (χ0v) is 11.1. The fourth-order valence-electron chi connectivity index (χ4n) is 1.62. The van der Waals surface area contributed by atoms with Gasteiger partial charge in [-0.3, -0.25) is 14.4 Å². The van der Waals surface area contributed by atoms with Gasteiger partial charge >= 0.3 is 11.9 Å². The molecule has 0 spiro atoms. The van der Waals surface area contributed by atoms with Crippen LogP contribution in [0.3, 0.4) is 0 Å². The van der Waals surface area contributed by atoms with Crippen LogP contribution >= 0.6 is 0 Å². The van der Waals surface area contributed by atoms with E-state index in [0.29, 0.717) is 19.1 Å². The van der Waals surface area contributed by atoms with Gasteiger partial charge in [0.15, 0.2) is 12.4 Å². The quantitative estimate of drug-likeness (QED) is 0.340. The van der Waals surface area contributed by atoms with Crippen LogP contribution in [0.2, 0.25) is 0 Å². The van der Waals surface area contributed by atoms with Gasteiger partial charge in [0, 0.05) is 13.3 Å². The number of carbonyl (C=O) groups excluding carboxylic acids is 3. The van der Waals surface area contributed by atoms with Crippen LogP contribution in [0.15, 0.2) is 0 Å². The number of hydrogen-bond acceptors (Lipinski definition) is 5. The van der Waals surface area contributed by atoms with E-state index in [-0.39, 0.29) is 5.97 Å². The zero-order valence-electron chi connectivity index (χ0n) is 11.1. The minimum Gasteiger partial charge on any atom is -0.469 e. The minimum absolute atomic E-state index is 0.175. The standard InChI is InChI=1S/C13H22O5/c1-11(15)18-12(10-14)8-6-4-3-5-7-9-13(16)17-2/h10,12H,3-9H2,1-2H3/t12-/m0/s1. The Bertz CT molecular complexity index is 262. The Hall–Kier alpha value is -1.39. The van der Waals surface area contributed by atoms with Crippen LogP contribution in [0, 0.1) is 0 Å². The van der Waals surface area contributed by atoms with Crippen LogP contribution < -0.4 is 0 Å². The van der Waals surface area contributed by atoms with E-state index in [0.717, 1.165) is 32.1 Å². The molecule has 0 bridgehead atoms. The highest BCUT2D eigenvalue weighted by atomic mass is 16.5. The first-order valence-electron chi connectivity index (χ1n) is 6.29. The van der Waals surface area contributed by atoms with Crippen molar-refractivity contribution in [3.05, 3.63) is 0 Å². The van der Waals surface area contributed by atoms with E-state index >= 15 is 0 Å². The molecule has 0 N–H and O–H groups in total. The predicted molar refractivity (Wildman–Crippen MR) is 66.0 cm³/mol. The lowest BCUT2D eigenvalue weighted by atomic mass is 10.1. The molecule has 1 atom stereocenters. The number of ether oxygens (including phenoxy) is 2. The van der Waals surface area contributed by atoms with Crippen LogP contribution in [0.5, 0.6) is 0 Å². The summed E-state index contributed by atoms with van der Waals surface area (Å²) in [5, 5.41) is 0. The SMILES string of the molecule is COC(=O)CCCCCCC[C@@H](C=O)OC(C)=O. The number of aldehydes is 1. The van der Waals surface area contributed by atoms with Crippen LogP contribution in [0.1, 0.15) is 51.9 Å². The van der Waals surface area contributed by atoms with Crippen molar-refractivity contribution in [1.82, 2.24) is 0 Å². The molecule has 0 saturated heterocycles. The van der Waals surface area contributed by atoms with Crippen LogP contribution in [0.25, 0.3) is 0 Å². The molecule has 0 heterocycles. The maximum atomic E-state index is 10.8. The van der Waals surface area contributed by atoms with Gasteiger partial charge in [0.1, 0.15) is 0 Å². The summed E-state index contributed by atoms with van der Waals surface area (Å²) in [5.41, 5.74) is 0. The topological polar surface area (TPSA) is 69.7 Å². The summed E-state index contributed by atoms with van der Waals surface area (Å²) in [5.74, 6) is -0.601. The van der Waals surface area contributed by atoms with Gasteiger partial charge in [-0.15, -0.1) is 0 Å². The normalized spacial score (nSPS) is 11.7. The Kier molecular flexibility index (Phi) is 9.91. The smallest absolute Gasteiger partial charge is 0.305 e. The molecule has 0 unspecified atom stereocenters. The molecule has 5 nitrogen and oxygen atoms in total. The number of unbranched alkanes of at least 4 members (excludes halogenated alkanes) is 4. The Morgan fingerprint density at radius 2 is 1.72 bits per heavy atom. The molecule has 0 aromatic carbocycles. The van der Waals surface area contributed by atoms with Crippen molar-refractivity contribution in [3.63, 3.8) is 0 Å². The van der Waals surface area contributed by atoms with Gasteiger partial charge in [-0.2, -0.15) is 0 Å². The molecule has 0 aromatic rings. The van der Waals surface area contributed by atoms with Gasteiger partial charge in [-0.25, -0.2) is 0 Å². The molecule has 5 heteroatoms. The third kappa shape index (κ3) is 9.81. The fourth-order valence-corrected chi connectivity index (χ4v) is 1.62. The number of carbonyl (C=O) groups is 3. The van der Waals surface area contributed by atoms with Crippen molar-refractivity contribution in [2.24, 2.45) is 0 Å². The van der Waals surface area contributed by atoms with Gasteiger partial charge in [0.2, 0.25) is 0 Å². The average molecular weight is 258 g/mol. The maximum Gasteiger partial charge on any atom is 0.305 e. The van der Waals surface area contributed by atoms with E-state index in [9.17, 15) is 14.4 Å². The summed E-state index contributed by atoms with van der Waals surface area (Å²) in [6, 6.07) is 0. The molecule has 0 amide bonds. The molecule has 104 valence electrons. The van der Waals surface area contributed by atoms with Crippen molar-refractivity contribution in [3.8, 4) is 0 Å². The van der Waals surface area contributed by atoms with Crippen molar-refractivity contribution in [2.45, 2.75) is 58.0 Å². The van der Waals surface area contributed by atoms with Crippen LogP contribution in [-0.2, 0) is 23.9 Å². The second-order valence-electron chi connectivity index (χ2n) is 4.17. The second kappa shape index (κ2) is 10.7.